The van der Waals surface area contributed by atoms with E-state index in [1.807, 2.05) is 40.7 Å². The van der Waals surface area contributed by atoms with Gasteiger partial charge in [0.25, 0.3) is 0 Å². The summed E-state index contributed by atoms with van der Waals surface area (Å²) in [5, 5.41) is 10.3. The average molecular weight is 422 g/mol. The standard InChI is InChI=1S/C22H22N4O3S/c1-16(26-15-17(14-23)20-4-2-3-5-21(20)26)22(27)25-12-10-24(11-13-25)18-6-8-19(9-7-18)30(28)29/h2-9,15-16H,10-13H2,1H3,(H,28,29)/p-1. The third-order valence-corrected chi connectivity index (χ3v) is 6.28. The third-order valence-electron chi connectivity index (χ3n) is 5.62. The van der Waals surface area contributed by atoms with Gasteiger partial charge in [0, 0.05) is 48.3 Å². The topological polar surface area (TPSA) is 92.4 Å². The van der Waals surface area contributed by atoms with Crippen LogP contribution in [0.2, 0.25) is 0 Å². The SMILES string of the molecule is CC(C(=O)N1CCN(c2ccc(S(=O)[O-])cc2)CC1)n1cc(C#N)c2ccccc21. The van der Waals surface area contributed by atoms with Gasteiger partial charge in [0.05, 0.1) is 11.1 Å². The van der Waals surface area contributed by atoms with E-state index in [0.29, 0.717) is 31.7 Å². The van der Waals surface area contributed by atoms with Gasteiger partial charge in [0.1, 0.15) is 12.1 Å². The molecule has 3 aromatic rings. The first-order valence-corrected chi connectivity index (χ1v) is 10.8. The van der Waals surface area contributed by atoms with Gasteiger partial charge in [0.15, 0.2) is 0 Å². The maximum Gasteiger partial charge on any atom is 0.245 e. The number of fused-ring (bicyclic) bond motifs is 1. The molecule has 1 aliphatic rings. The second kappa shape index (κ2) is 8.30. The third kappa shape index (κ3) is 3.70. The van der Waals surface area contributed by atoms with E-state index in [4.69, 9.17) is 0 Å². The minimum atomic E-state index is -2.23. The summed E-state index contributed by atoms with van der Waals surface area (Å²) < 4.78 is 23.9. The summed E-state index contributed by atoms with van der Waals surface area (Å²) in [6, 6.07) is 16.2. The van der Waals surface area contributed by atoms with Crippen molar-refractivity contribution in [2.24, 2.45) is 0 Å². The largest absolute Gasteiger partial charge is 0.768 e. The molecule has 1 aliphatic heterocycles. The maximum atomic E-state index is 13.1. The Morgan fingerprint density at radius 2 is 1.77 bits per heavy atom. The number of aromatic nitrogens is 1. The zero-order chi connectivity index (χ0) is 21.3. The van der Waals surface area contributed by atoms with Gasteiger partial charge in [-0.3, -0.25) is 9.00 Å². The summed E-state index contributed by atoms with van der Waals surface area (Å²) >= 11 is -2.23. The first-order valence-electron chi connectivity index (χ1n) is 9.72. The number of piperazine rings is 1. The highest BCUT2D eigenvalue weighted by atomic mass is 32.2. The van der Waals surface area contributed by atoms with Crippen LogP contribution >= 0.6 is 0 Å². The number of hydrogen-bond donors (Lipinski definition) is 0. The highest BCUT2D eigenvalue weighted by Gasteiger charge is 2.27. The quantitative estimate of drug-likeness (QED) is 0.604. The van der Waals surface area contributed by atoms with E-state index < -0.39 is 17.1 Å². The molecule has 4 rings (SSSR count). The number of nitrogens with zero attached hydrogens (tertiary/aromatic N) is 4. The number of amides is 1. The summed E-state index contributed by atoms with van der Waals surface area (Å²) in [5.74, 6) is 0.0250. The van der Waals surface area contributed by atoms with Crippen LogP contribution in [0.5, 0.6) is 0 Å². The van der Waals surface area contributed by atoms with Gasteiger partial charge in [0.2, 0.25) is 5.91 Å². The average Bonchev–Trinajstić information content (AvgIpc) is 3.17. The van der Waals surface area contributed by atoms with Crippen molar-refractivity contribution in [1.82, 2.24) is 9.47 Å². The molecule has 2 heterocycles. The predicted molar refractivity (Wildman–Crippen MR) is 114 cm³/mol. The molecule has 2 unspecified atom stereocenters. The Labute approximate surface area is 177 Å². The molecule has 0 saturated carbocycles. The predicted octanol–water partition coefficient (Wildman–Crippen LogP) is 2.66. The van der Waals surface area contributed by atoms with Crippen LogP contribution in [0.15, 0.2) is 59.6 Å². The van der Waals surface area contributed by atoms with E-state index in [1.54, 1.807) is 30.5 Å². The zero-order valence-electron chi connectivity index (χ0n) is 16.5. The van der Waals surface area contributed by atoms with E-state index in [0.717, 1.165) is 16.6 Å². The molecule has 30 heavy (non-hydrogen) atoms. The van der Waals surface area contributed by atoms with Crippen LogP contribution < -0.4 is 4.90 Å². The first kappa shape index (κ1) is 20.1. The fraction of sp³-hybridized carbons (Fsp3) is 0.273. The van der Waals surface area contributed by atoms with E-state index in [2.05, 4.69) is 11.0 Å². The fourth-order valence-electron chi connectivity index (χ4n) is 3.95. The first-order chi connectivity index (χ1) is 14.5. The number of nitriles is 1. The van der Waals surface area contributed by atoms with Crippen LogP contribution in [0, 0.1) is 11.3 Å². The highest BCUT2D eigenvalue weighted by molar-refractivity contribution is 7.79. The summed E-state index contributed by atoms with van der Waals surface area (Å²) in [7, 11) is 0. The minimum Gasteiger partial charge on any atom is -0.768 e. The molecule has 0 radical (unpaired) electrons. The van der Waals surface area contributed by atoms with Crippen LogP contribution in [0.1, 0.15) is 18.5 Å². The molecule has 0 aliphatic carbocycles. The fourth-order valence-corrected chi connectivity index (χ4v) is 4.31. The normalized spacial score (nSPS) is 16.3. The molecular formula is C22H21N4O3S-. The summed E-state index contributed by atoms with van der Waals surface area (Å²) in [4.78, 5) is 17.4. The van der Waals surface area contributed by atoms with Gasteiger partial charge < -0.3 is 18.9 Å². The number of benzene rings is 2. The minimum absolute atomic E-state index is 0.0250. The lowest BCUT2D eigenvalue weighted by molar-refractivity contribution is -0.134. The Morgan fingerprint density at radius 3 is 2.40 bits per heavy atom. The lowest BCUT2D eigenvalue weighted by Gasteiger charge is -2.37. The van der Waals surface area contributed by atoms with Crippen molar-refractivity contribution in [1.29, 1.82) is 5.26 Å². The van der Waals surface area contributed by atoms with Crippen molar-refractivity contribution in [2.75, 3.05) is 31.1 Å². The molecular weight excluding hydrogens is 400 g/mol. The Morgan fingerprint density at radius 1 is 1.10 bits per heavy atom. The molecule has 1 saturated heterocycles. The Hall–Kier alpha value is -3.15. The van der Waals surface area contributed by atoms with Crippen LogP contribution in [0.25, 0.3) is 10.9 Å². The van der Waals surface area contributed by atoms with E-state index in [1.165, 1.54) is 0 Å². The Kier molecular flexibility index (Phi) is 5.57. The van der Waals surface area contributed by atoms with E-state index in [9.17, 15) is 18.8 Å². The highest BCUT2D eigenvalue weighted by Crippen LogP contribution is 2.26. The number of hydrogen-bond acceptors (Lipinski definition) is 5. The number of para-hydroxylation sites is 1. The Balaban J connectivity index is 1.46. The van der Waals surface area contributed by atoms with E-state index in [-0.39, 0.29) is 10.8 Å². The molecule has 8 heteroatoms. The molecule has 7 nitrogen and oxygen atoms in total. The maximum absolute atomic E-state index is 13.1. The lowest BCUT2D eigenvalue weighted by Crippen LogP contribution is -2.50. The second-order valence-electron chi connectivity index (χ2n) is 7.30. The lowest BCUT2D eigenvalue weighted by atomic mass is 10.2. The molecule has 0 N–H and O–H groups in total. The molecule has 1 amide bonds. The van der Waals surface area contributed by atoms with Crippen LogP contribution in [0.3, 0.4) is 0 Å². The summed E-state index contributed by atoms with van der Waals surface area (Å²) in [6.07, 6.45) is 1.75. The molecule has 0 bridgehead atoms. The monoisotopic (exact) mass is 421 g/mol. The molecule has 154 valence electrons. The smallest absolute Gasteiger partial charge is 0.245 e. The number of rotatable bonds is 4. The summed E-state index contributed by atoms with van der Waals surface area (Å²) in [6.45, 7) is 4.39. The summed E-state index contributed by atoms with van der Waals surface area (Å²) in [5.41, 5.74) is 2.39. The molecule has 1 aromatic heterocycles. The van der Waals surface area contributed by atoms with Crippen molar-refractivity contribution in [2.45, 2.75) is 17.9 Å². The molecule has 0 spiro atoms. The van der Waals surface area contributed by atoms with Crippen LogP contribution in [0.4, 0.5) is 5.69 Å². The van der Waals surface area contributed by atoms with Crippen molar-refractivity contribution < 1.29 is 13.6 Å². The van der Waals surface area contributed by atoms with Crippen molar-refractivity contribution in [3.8, 4) is 6.07 Å². The van der Waals surface area contributed by atoms with Crippen molar-refractivity contribution in [3.63, 3.8) is 0 Å². The van der Waals surface area contributed by atoms with Gasteiger partial charge in [-0.25, -0.2) is 0 Å². The molecule has 1 fully saturated rings. The van der Waals surface area contributed by atoms with E-state index >= 15 is 0 Å². The van der Waals surface area contributed by atoms with Crippen molar-refractivity contribution >= 4 is 33.6 Å². The number of carbonyl (C=O) groups excluding carboxylic acids is 1. The molecule has 2 aromatic carbocycles. The van der Waals surface area contributed by atoms with Crippen molar-refractivity contribution in [3.05, 3.63) is 60.3 Å². The van der Waals surface area contributed by atoms with Gasteiger partial charge in [-0.05, 0) is 48.3 Å². The molecule has 2 atom stereocenters. The zero-order valence-corrected chi connectivity index (χ0v) is 17.3. The second-order valence-corrected chi connectivity index (χ2v) is 8.24. The van der Waals surface area contributed by atoms with Crippen LogP contribution in [-0.2, 0) is 15.9 Å². The van der Waals surface area contributed by atoms with Crippen LogP contribution in [-0.4, -0.2) is 50.3 Å². The number of carbonyl (C=O) groups is 1. The number of anilines is 1. The van der Waals surface area contributed by atoms with Gasteiger partial charge in [-0.1, -0.05) is 18.2 Å². The van der Waals surface area contributed by atoms with Gasteiger partial charge >= 0.3 is 0 Å². The van der Waals surface area contributed by atoms with Gasteiger partial charge in [-0.2, -0.15) is 5.26 Å². The van der Waals surface area contributed by atoms with Gasteiger partial charge in [-0.15, -0.1) is 0 Å². The Bertz CT molecular complexity index is 1140.